The molecule has 7 nitrogen and oxygen atoms in total. The fourth-order valence-corrected chi connectivity index (χ4v) is 3.79. The molecule has 0 bridgehead atoms. The second kappa shape index (κ2) is 6.29. The van der Waals surface area contributed by atoms with Crippen LogP contribution >= 0.6 is 11.8 Å². The van der Waals surface area contributed by atoms with Gasteiger partial charge in [-0.1, -0.05) is 0 Å². The number of aromatic carboxylic acids is 1. The molecule has 1 saturated heterocycles. The minimum Gasteiger partial charge on any atom is -0.504 e. The Bertz CT molecular complexity index is 897. The quantitative estimate of drug-likeness (QED) is 0.871. The third kappa shape index (κ3) is 2.78. The van der Waals surface area contributed by atoms with Crippen molar-refractivity contribution in [1.82, 2.24) is 4.98 Å². The number of carboxylic acids is 1. The summed E-state index contributed by atoms with van der Waals surface area (Å²) in [6.45, 7) is 1.37. The van der Waals surface area contributed by atoms with Gasteiger partial charge >= 0.3 is 5.97 Å². The summed E-state index contributed by atoms with van der Waals surface area (Å²) >= 11 is 1.81. The Labute approximate surface area is 147 Å². The lowest BCUT2D eigenvalue weighted by molar-refractivity contribution is 0.0694. The van der Waals surface area contributed by atoms with E-state index in [1.165, 1.54) is 0 Å². The van der Waals surface area contributed by atoms with Gasteiger partial charge in [0, 0.05) is 48.1 Å². The summed E-state index contributed by atoms with van der Waals surface area (Å²) in [5.74, 6) is 1.12. The predicted octanol–water partition coefficient (Wildman–Crippen LogP) is 2.89. The number of furan rings is 1. The van der Waals surface area contributed by atoms with Crippen LogP contribution in [0, 0.1) is 0 Å². The molecule has 4 rings (SSSR count). The minimum absolute atomic E-state index is 0.115. The molecule has 2 N–H and O–H groups in total. The molecule has 0 amide bonds. The first-order valence-corrected chi connectivity index (χ1v) is 8.93. The number of anilines is 1. The van der Waals surface area contributed by atoms with Gasteiger partial charge in [-0.05, 0) is 18.2 Å². The molecule has 1 fully saturated rings. The first-order chi connectivity index (χ1) is 12.1. The van der Waals surface area contributed by atoms with E-state index in [-0.39, 0.29) is 23.0 Å². The van der Waals surface area contributed by atoms with Crippen LogP contribution in [0.15, 0.2) is 27.7 Å². The van der Waals surface area contributed by atoms with E-state index in [1.807, 2.05) is 22.7 Å². The van der Waals surface area contributed by atoms with E-state index in [1.54, 1.807) is 24.6 Å². The molecule has 0 atom stereocenters. The number of aromatic hydroxyl groups is 1. The van der Waals surface area contributed by atoms with Gasteiger partial charge in [-0.2, -0.15) is 11.8 Å². The standard InChI is InChI=1S/C17H15N3O4S/c21-14-12(8-10-9-19-15-11(10)2-1-3-18-15)24-16(13(14)17(22)23)20-4-6-25-7-5-20/h1-3,8-9,21H,4-7H2,(H,22,23). The molecule has 2 aliphatic rings. The lowest BCUT2D eigenvalue weighted by Crippen LogP contribution is -2.33. The highest BCUT2D eigenvalue weighted by Gasteiger charge is 2.29. The summed E-state index contributed by atoms with van der Waals surface area (Å²) in [4.78, 5) is 21.9. The van der Waals surface area contributed by atoms with Crippen molar-refractivity contribution in [2.45, 2.75) is 0 Å². The third-order valence-corrected chi connectivity index (χ3v) is 5.06. The molecule has 128 valence electrons. The molecule has 0 unspecified atom stereocenters. The van der Waals surface area contributed by atoms with E-state index in [0.29, 0.717) is 24.5 Å². The Kier molecular flexibility index (Phi) is 3.96. The molecule has 2 aliphatic heterocycles. The largest absolute Gasteiger partial charge is 0.504 e. The minimum atomic E-state index is -1.21. The monoisotopic (exact) mass is 357 g/mol. The SMILES string of the molecule is O=C(O)c1c(N2CCSCC2)oc(C=C2C=Nc3ncccc32)c1O. The van der Waals surface area contributed by atoms with Gasteiger partial charge in [0.15, 0.2) is 22.9 Å². The Morgan fingerprint density at radius 3 is 2.92 bits per heavy atom. The second-order valence-corrected chi connectivity index (χ2v) is 6.86. The lowest BCUT2D eigenvalue weighted by atomic mass is 10.1. The highest BCUT2D eigenvalue weighted by atomic mass is 32.2. The maximum absolute atomic E-state index is 11.6. The first-order valence-electron chi connectivity index (χ1n) is 7.78. The zero-order chi connectivity index (χ0) is 17.4. The number of aromatic nitrogens is 1. The van der Waals surface area contributed by atoms with Gasteiger partial charge in [0.1, 0.15) is 0 Å². The normalized spacial score (nSPS) is 17.9. The number of carbonyl (C=O) groups is 1. The molecule has 8 heteroatoms. The second-order valence-electron chi connectivity index (χ2n) is 5.63. The van der Waals surface area contributed by atoms with Crippen LogP contribution < -0.4 is 4.90 Å². The average Bonchev–Trinajstić information content (AvgIpc) is 3.18. The summed E-state index contributed by atoms with van der Waals surface area (Å²) in [7, 11) is 0. The van der Waals surface area contributed by atoms with Crippen LogP contribution in [-0.2, 0) is 0 Å². The highest BCUT2D eigenvalue weighted by Crippen LogP contribution is 2.39. The number of rotatable bonds is 3. The lowest BCUT2D eigenvalue weighted by Gasteiger charge is -2.26. The fraction of sp³-hybridized carbons (Fsp3) is 0.235. The van der Waals surface area contributed by atoms with Gasteiger partial charge in [0.2, 0.25) is 5.88 Å². The van der Waals surface area contributed by atoms with Crippen molar-refractivity contribution in [3.63, 3.8) is 0 Å². The molecule has 25 heavy (non-hydrogen) atoms. The van der Waals surface area contributed by atoms with E-state index in [9.17, 15) is 15.0 Å². The number of thioether (sulfide) groups is 1. The van der Waals surface area contributed by atoms with Gasteiger partial charge in [-0.3, -0.25) is 0 Å². The molecule has 0 spiro atoms. The Hall–Kier alpha value is -2.74. The Balaban J connectivity index is 1.77. The van der Waals surface area contributed by atoms with Gasteiger partial charge in [-0.15, -0.1) is 0 Å². The number of aliphatic imine (C=N–C) groups is 1. The van der Waals surface area contributed by atoms with E-state index >= 15 is 0 Å². The summed E-state index contributed by atoms with van der Waals surface area (Å²) in [6, 6.07) is 3.66. The number of carboxylic acid groups (broad SMARTS) is 1. The van der Waals surface area contributed by atoms with Crippen molar-refractivity contribution in [3.05, 3.63) is 35.2 Å². The van der Waals surface area contributed by atoms with Crippen molar-refractivity contribution < 1.29 is 19.4 Å². The molecule has 0 saturated carbocycles. The van der Waals surface area contributed by atoms with E-state index in [4.69, 9.17) is 4.42 Å². The van der Waals surface area contributed by atoms with Gasteiger partial charge in [-0.25, -0.2) is 14.8 Å². The summed E-state index contributed by atoms with van der Waals surface area (Å²) < 4.78 is 5.75. The van der Waals surface area contributed by atoms with Crippen molar-refractivity contribution in [2.75, 3.05) is 29.5 Å². The zero-order valence-electron chi connectivity index (χ0n) is 13.2. The van der Waals surface area contributed by atoms with Crippen molar-refractivity contribution >= 4 is 47.3 Å². The molecule has 4 heterocycles. The topological polar surface area (TPSA) is 99.2 Å². The van der Waals surface area contributed by atoms with Crippen molar-refractivity contribution in [2.24, 2.45) is 4.99 Å². The van der Waals surface area contributed by atoms with Gasteiger partial charge in [0.25, 0.3) is 0 Å². The summed E-state index contributed by atoms with van der Waals surface area (Å²) in [5.41, 5.74) is 1.33. The Morgan fingerprint density at radius 2 is 2.16 bits per heavy atom. The van der Waals surface area contributed by atoms with Crippen LogP contribution in [0.2, 0.25) is 0 Å². The predicted molar refractivity (Wildman–Crippen MR) is 97.1 cm³/mol. The number of hydrogen-bond donors (Lipinski definition) is 2. The highest BCUT2D eigenvalue weighted by molar-refractivity contribution is 7.99. The first kappa shape index (κ1) is 15.8. The summed E-state index contributed by atoms with van der Waals surface area (Å²) in [5, 5.41) is 19.9. The maximum atomic E-state index is 11.6. The van der Waals surface area contributed by atoms with Crippen LogP contribution in [0.5, 0.6) is 5.75 Å². The zero-order valence-corrected chi connectivity index (χ0v) is 14.0. The number of pyridine rings is 1. The van der Waals surface area contributed by atoms with Crippen LogP contribution in [0.4, 0.5) is 11.7 Å². The van der Waals surface area contributed by atoms with Crippen molar-refractivity contribution in [1.29, 1.82) is 0 Å². The summed E-state index contributed by atoms with van der Waals surface area (Å²) in [6.07, 6.45) is 4.87. The molecular weight excluding hydrogens is 342 g/mol. The van der Waals surface area contributed by atoms with E-state index < -0.39 is 5.97 Å². The molecule has 2 aromatic heterocycles. The van der Waals surface area contributed by atoms with Gasteiger partial charge < -0.3 is 19.5 Å². The Morgan fingerprint density at radius 1 is 1.36 bits per heavy atom. The number of allylic oxidation sites excluding steroid dienone is 1. The van der Waals surface area contributed by atoms with E-state index in [2.05, 4.69) is 9.98 Å². The average molecular weight is 357 g/mol. The smallest absolute Gasteiger partial charge is 0.345 e. The van der Waals surface area contributed by atoms with Crippen LogP contribution in [0.25, 0.3) is 11.6 Å². The third-order valence-electron chi connectivity index (χ3n) is 4.11. The van der Waals surface area contributed by atoms with Crippen LogP contribution in [0.3, 0.4) is 0 Å². The molecule has 0 radical (unpaired) electrons. The molecule has 0 aromatic carbocycles. The number of hydrogen-bond acceptors (Lipinski definition) is 7. The van der Waals surface area contributed by atoms with Crippen molar-refractivity contribution in [3.8, 4) is 5.75 Å². The fourth-order valence-electron chi connectivity index (χ4n) is 2.89. The number of fused-ring (bicyclic) bond motifs is 1. The van der Waals surface area contributed by atoms with Gasteiger partial charge in [0.05, 0.1) is 0 Å². The number of nitrogens with zero attached hydrogens (tertiary/aromatic N) is 3. The van der Waals surface area contributed by atoms with Crippen LogP contribution in [0.1, 0.15) is 21.7 Å². The van der Waals surface area contributed by atoms with Crippen LogP contribution in [-0.4, -0.2) is 52.0 Å². The van der Waals surface area contributed by atoms with E-state index in [0.717, 1.165) is 17.1 Å². The maximum Gasteiger partial charge on any atom is 0.345 e. The molecular formula is C17H15N3O4S. The molecule has 0 aliphatic carbocycles. The molecule has 2 aromatic rings.